The Bertz CT molecular complexity index is 186. The van der Waals surface area contributed by atoms with E-state index >= 15 is 0 Å². The third kappa shape index (κ3) is 2.67. The van der Waals surface area contributed by atoms with Crippen molar-refractivity contribution in [3.8, 4) is 0 Å². The number of hydrogen-bond donors (Lipinski definition) is 2. The molecule has 3 N–H and O–H groups in total. The molecule has 4 nitrogen and oxygen atoms in total. The molecule has 0 bridgehead atoms. The van der Waals surface area contributed by atoms with Crippen molar-refractivity contribution in [3.63, 3.8) is 0 Å². The van der Waals surface area contributed by atoms with Crippen LogP contribution in [0, 0.1) is 0 Å². The van der Waals surface area contributed by atoms with Crippen molar-refractivity contribution in [2.75, 3.05) is 13.2 Å². The number of ether oxygens (including phenoxy) is 1. The molecule has 1 amide bonds. The van der Waals surface area contributed by atoms with E-state index in [4.69, 9.17) is 10.5 Å². The Kier molecular flexibility index (Phi) is 3.27. The molecule has 2 atom stereocenters. The van der Waals surface area contributed by atoms with Gasteiger partial charge in [-0.2, -0.15) is 0 Å². The zero-order valence-corrected chi connectivity index (χ0v) is 8.30. The Balaban J connectivity index is 2.38. The number of rotatable bonds is 3. The number of carbonyl (C=O) groups excluding carboxylic acids is 1. The highest BCUT2D eigenvalue weighted by molar-refractivity contribution is 5.85. The van der Waals surface area contributed by atoms with Gasteiger partial charge in [0.2, 0.25) is 0 Å². The second-order valence-corrected chi connectivity index (χ2v) is 3.87. The summed E-state index contributed by atoms with van der Waals surface area (Å²) in [6.07, 6.45) is 1.76. The predicted octanol–water partition coefficient (Wildman–Crippen LogP) is 0.0189. The van der Waals surface area contributed by atoms with Gasteiger partial charge in [0.25, 0.3) is 5.91 Å². The molecule has 1 rings (SSSR count). The second-order valence-electron chi connectivity index (χ2n) is 3.87. The quantitative estimate of drug-likeness (QED) is 0.653. The molecule has 1 aliphatic rings. The third-order valence-corrected chi connectivity index (χ3v) is 2.28. The number of carbonyl (C=O) groups is 1. The Morgan fingerprint density at radius 3 is 2.92 bits per heavy atom. The van der Waals surface area contributed by atoms with Crippen molar-refractivity contribution >= 4 is 5.91 Å². The number of hydrogen-bond acceptors (Lipinski definition) is 3. The van der Waals surface area contributed by atoms with Crippen LogP contribution in [0.2, 0.25) is 0 Å². The van der Waals surface area contributed by atoms with Crippen LogP contribution >= 0.6 is 0 Å². The lowest BCUT2D eigenvalue weighted by atomic mass is 10.0. The predicted molar refractivity (Wildman–Crippen MR) is 50.3 cm³/mol. The first-order valence-corrected chi connectivity index (χ1v) is 4.72. The first-order chi connectivity index (χ1) is 6.04. The zero-order chi connectivity index (χ0) is 9.90. The van der Waals surface area contributed by atoms with Gasteiger partial charge < -0.3 is 15.8 Å². The first-order valence-electron chi connectivity index (χ1n) is 4.72. The van der Waals surface area contributed by atoms with Crippen molar-refractivity contribution < 1.29 is 9.53 Å². The summed E-state index contributed by atoms with van der Waals surface area (Å²) in [4.78, 5) is 11.6. The molecular weight excluding hydrogens is 168 g/mol. The average Bonchev–Trinajstić information content (AvgIpc) is 2.49. The Hall–Kier alpha value is -0.610. The molecule has 1 fully saturated rings. The van der Waals surface area contributed by atoms with Gasteiger partial charge in [0.15, 0.2) is 0 Å². The second kappa shape index (κ2) is 4.07. The lowest BCUT2D eigenvalue weighted by Gasteiger charge is -2.22. The Morgan fingerprint density at radius 2 is 2.46 bits per heavy atom. The van der Waals surface area contributed by atoms with Crippen LogP contribution in [0.25, 0.3) is 0 Å². The van der Waals surface area contributed by atoms with Crippen LogP contribution in [0.1, 0.15) is 26.7 Å². The van der Waals surface area contributed by atoms with E-state index in [-0.39, 0.29) is 11.9 Å². The molecule has 0 aromatic heterocycles. The van der Waals surface area contributed by atoms with Crippen molar-refractivity contribution in [2.45, 2.75) is 38.3 Å². The van der Waals surface area contributed by atoms with Crippen molar-refractivity contribution in [3.05, 3.63) is 0 Å². The van der Waals surface area contributed by atoms with E-state index in [1.165, 1.54) is 0 Å². The molecule has 0 radical (unpaired) electrons. The molecule has 2 unspecified atom stereocenters. The number of nitrogens with one attached hydrogen (secondary N) is 1. The molecular formula is C9H18N2O2. The van der Waals surface area contributed by atoms with Crippen molar-refractivity contribution in [1.82, 2.24) is 5.32 Å². The minimum absolute atomic E-state index is 0.00560. The maximum absolute atomic E-state index is 11.6. The largest absolute Gasteiger partial charge is 0.365 e. The SMILES string of the molecule is CC(N)CNC(=O)C1(C)CCCO1. The first kappa shape index (κ1) is 10.5. The lowest BCUT2D eigenvalue weighted by molar-refractivity contribution is -0.139. The fourth-order valence-corrected chi connectivity index (χ4v) is 1.40. The highest BCUT2D eigenvalue weighted by atomic mass is 16.5. The van der Waals surface area contributed by atoms with Crippen LogP contribution in [-0.4, -0.2) is 30.7 Å². The standard InChI is InChI=1S/C9H18N2O2/c1-7(10)6-11-8(12)9(2)4-3-5-13-9/h7H,3-6,10H2,1-2H3,(H,11,12). The van der Waals surface area contributed by atoms with E-state index in [1.54, 1.807) is 0 Å². The van der Waals surface area contributed by atoms with Crippen LogP contribution < -0.4 is 11.1 Å². The van der Waals surface area contributed by atoms with Gasteiger partial charge in [0.1, 0.15) is 5.60 Å². The summed E-state index contributed by atoms with van der Waals surface area (Å²) in [7, 11) is 0. The van der Waals surface area contributed by atoms with Gasteiger partial charge in [-0.3, -0.25) is 4.79 Å². The normalized spacial score (nSPS) is 30.1. The lowest BCUT2D eigenvalue weighted by Crippen LogP contribution is -2.47. The smallest absolute Gasteiger partial charge is 0.252 e. The summed E-state index contributed by atoms with van der Waals surface area (Å²) >= 11 is 0. The summed E-state index contributed by atoms with van der Waals surface area (Å²) in [6.45, 7) is 4.88. The summed E-state index contributed by atoms with van der Waals surface area (Å²) in [5.41, 5.74) is 4.91. The summed E-state index contributed by atoms with van der Waals surface area (Å²) in [6, 6.07) is -0.00560. The van der Waals surface area contributed by atoms with Gasteiger partial charge in [0, 0.05) is 19.2 Å². The van der Waals surface area contributed by atoms with Crippen molar-refractivity contribution in [1.29, 1.82) is 0 Å². The van der Waals surface area contributed by atoms with Gasteiger partial charge in [-0.05, 0) is 26.7 Å². The number of nitrogens with two attached hydrogens (primary N) is 1. The van der Waals surface area contributed by atoms with E-state index in [0.29, 0.717) is 13.2 Å². The maximum Gasteiger partial charge on any atom is 0.252 e. The van der Waals surface area contributed by atoms with E-state index in [1.807, 2.05) is 13.8 Å². The molecule has 0 spiro atoms. The highest BCUT2D eigenvalue weighted by Gasteiger charge is 2.37. The topological polar surface area (TPSA) is 64.3 Å². The fraction of sp³-hybridized carbons (Fsp3) is 0.889. The van der Waals surface area contributed by atoms with Gasteiger partial charge in [-0.25, -0.2) is 0 Å². The Labute approximate surface area is 78.8 Å². The van der Waals surface area contributed by atoms with Crippen LogP contribution in [0.15, 0.2) is 0 Å². The molecule has 1 aliphatic heterocycles. The third-order valence-electron chi connectivity index (χ3n) is 2.28. The molecule has 13 heavy (non-hydrogen) atoms. The maximum atomic E-state index is 11.6. The Morgan fingerprint density at radius 1 is 1.77 bits per heavy atom. The number of amides is 1. The molecule has 1 saturated heterocycles. The average molecular weight is 186 g/mol. The molecule has 0 aromatic rings. The van der Waals surface area contributed by atoms with Crippen LogP contribution in [0.3, 0.4) is 0 Å². The van der Waals surface area contributed by atoms with Gasteiger partial charge in [-0.15, -0.1) is 0 Å². The van der Waals surface area contributed by atoms with Gasteiger partial charge in [-0.1, -0.05) is 0 Å². The minimum atomic E-state index is -0.616. The van der Waals surface area contributed by atoms with E-state index in [9.17, 15) is 4.79 Å². The summed E-state index contributed by atoms with van der Waals surface area (Å²) in [5, 5.41) is 2.78. The van der Waals surface area contributed by atoms with Crippen LogP contribution in [-0.2, 0) is 9.53 Å². The fourth-order valence-electron chi connectivity index (χ4n) is 1.40. The van der Waals surface area contributed by atoms with E-state index in [0.717, 1.165) is 12.8 Å². The van der Waals surface area contributed by atoms with E-state index in [2.05, 4.69) is 5.32 Å². The zero-order valence-electron chi connectivity index (χ0n) is 8.30. The summed E-state index contributed by atoms with van der Waals surface area (Å²) in [5.74, 6) is -0.0395. The van der Waals surface area contributed by atoms with Gasteiger partial charge >= 0.3 is 0 Å². The minimum Gasteiger partial charge on any atom is -0.365 e. The van der Waals surface area contributed by atoms with Crippen molar-refractivity contribution in [2.24, 2.45) is 5.73 Å². The molecule has 0 saturated carbocycles. The summed E-state index contributed by atoms with van der Waals surface area (Å²) < 4.78 is 5.38. The van der Waals surface area contributed by atoms with Gasteiger partial charge in [0.05, 0.1) is 0 Å². The van der Waals surface area contributed by atoms with E-state index < -0.39 is 5.60 Å². The van der Waals surface area contributed by atoms with Crippen LogP contribution in [0.4, 0.5) is 0 Å². The monoisotopic (exact) mass is 186 g/mol. The van der Waals surface area contributed by atoms with Crippen LogP contribution in [0.5, 0.6) is 0 Å². The molecule has 76 valence electrons. The molecule has 0 aliphatic carbocycles. The molecule has 1 heterocycles. The highest BCUT2D eigenvalue weighted by Crippen LogP contribution is 2.24. The molecule has 4 heteroatoms. The molecule has 0 aromatic carbocycles.